The Bertz CT molecular complexity index is 251. The molecule has 0 aliphatic carbocycles. The molecule has 1 aromatic heterocycles. The van der Waals surface area contributed by atoms with Gasteiger partial charge in [-0.05, 0) is 28.1 Å². The van der Waals surface area contributed by atoms with Gasteiger partial charge in [-0.2, -0.15) is 12.6 Å². The fourth-order valence-corrected chi connectivity index (χ4v) is 2.44. The Morgan fingerprint density at radius 2 is 2.17 bits per heavy atom. The quantitative estimate of drug-likeness (QED) is 0.733. The molecule has 0 aliphatic heterocycles. The second-order valence-corrected chi connectivity index (χ2v) is 5.20. The second kappa shape index (κ2) is 4.62. The Morgan fingerprint density at radius 1 is 1.50 bits per heavy atom. The molecule has 0 aliphatic rings. The van der Waals surface area contributed by atoms with Crippen LogP contribution in [0.25, 0.3) is 0 Å². The van der Waals surface area contributed by atoms with Gasteiger partial charge in [0, 0.05) is 10.6 Å². The van der Waals surface area contributed by atoms with Crippen molar-refractivity contribution < 1.29 is 10.2 Å². The van der Waals surface area contributed by atoms with Gasteiger partial charge in [-0.25, -0.2) is 0 Å². The monoisotopic (exact) mass is 268 g/mol. The predicted molar refractivity (Wildman–Crippen MR) is 56.8 cm³/mol. The lowest BCUT2D eigenvalue weighted by molar-refractivity contribution is 0.0361. The summed E-state index contributed by atoms with van der Waals surface area (Å²) in [6.07, 6.45) is -1.61. The van der Waals surface area contributed by atoms with Crippen molar-refractivity contribution in [3.63, 3.8) is 0 Å². The molecular weight excluding hydrogens is 260 g/mol. The van der Waals surface area contributed by atoms with Gasteiger partial charge in [0.15, 0.2) is 0 Å². The summed E-state index contributed by atoms with van der Waals surface area (Å²) in [6.45, 7) is 0. The van der Waals surface area contributed by atoms with Crippen LogP contribution < -0.4 is 0 Å². The van der Waals surface area contributed by atoms with Crippen LogP contribution >= 0.6 is 39.9 Å². The lowest BCUT2D eigenvalue weighted by atomic mass is 10.2. The van der Waals surface area contributed by atoms with Gasteiger partial charge in [-0.1, -0.05) is 0 Å². The first-order valence-electron chi connectivity index (χ1n) is 3.37. The minimum Gasteiger partial charge on any atom is -0.389 e. The highest BCUT2D eigenvalue weighted by Crippen LogP contribution is 2.29. The third kappa shape index (κ3) is 2.47. The molecule has 1 rings (SSSR count). The zero-order chi connectivity index (χ0) is 9.14. The molecule has 1 aromatic rings. The summed E-state index contributed by atoms with van der Waals surface area (Å²) >= 11 is 8.59. The van der Waals surface area contributed by atoms with E-state index in [1.807, 2.05) is 6.07 Å². The van der Waals surface area contributed by atoms with Gasteiger partial charge in [0.1, 0.15) is 6.10 Å². The van der Waals surface area contributed by atoms with Gasteiger partial charge >= 0.3 is 0 Å². The SMILES string of the molecule is OC(CS)C(O)c1ccc(Br)s1. The second-order valence-electron chi connectivity index (χ2n) is 2.34. The molecule has 0 saturated carbocycles. The lowest BCUT2D eigenvalue weighted by Crippen LogP contribution is -2.18. The number of halogens is 1. The summed E-state index contributed by atoms with van der Waals surface area (Å²) in [4.78, 5) is 0.753. The van der Waals surface area contributed by atoms with Crippen LogP contribution in [0.1, 0.15) is 11.0 Å². The maximum atomic E-state index is 9.49. The largest absolute Gasteiger partial charge is 0.389 e. The van der Waals surface area contributed by atoms with E-state index < -0.39 is 12.2 Å². The number of thiol groups is 1. The molecule has 0 saturated heterocycles. The van der Waals surface area contributed by atoms with E-state index in [0.29, 0.717) is 0 Å². The molecule has 0 aromatic carbocycles. The summed E-state index contributed by atoms with van der Waals surface area (Å²) in [5.41, 5.74) is 0. The topological polar surface area (TPSA) is 40.5 Å². The van der Waals surface area contributed by atoms with Crippen molar-refractivity contribution in [2.75, 3.05) is 5.75 Å². The molecule has 5 heteroatoms. The first-order valence-corrected chi connectivity index (χ1v) is 5.61. The number of hydrogen-bond donors (Lipinski definition) is 3. The molecule has 0 amide bonds. The standard InChI is InChI=1S/C7H9BrO2S2/c8-6-2-1-5(12-6)7(10)4(9)3-11/h1-2,4,7,9-11H,3H2. The van der Waals surface area contributed by atoms with Gasteiger partial charge in [0.2, 0.25) is 0 Å². The number of aliphatic hydroxyl groups excluding tert-OH is 2. The Morgan fingerprint density at radius 3 is 2.58 bits per heavy atom. The lowest BCUT2D eigenvalue weighted by Gasteiger charge is -2.13. The Hall–Kier alpha value is 0.450. The molecule has 2 nitrogen and oxygen atoms in total. The number of rotatable bonds is 3. The molecule has 2 atom stereocenters. The van der Waals surface area contributed by atoms with E-state index in [9.17, 15) is 10.2 Å². The number of hydrogen-bond acceptors (Lipinski definition) is 4. The van der Waals surface area contributed by atoms with Crippen molar-refractivity contribution in [3.8, 4) is 0 Å². The number of thiophene rings is 1. The van der Waals surface area contributed by atoms with Crippen molar-refractivity contribution in [1.82, 2.24) is 0 Å². The van der Waals surface area contributed by atoms with Crippen LogP contribution in [0.2, 0.25) is 0 Å². The van der Waals surface area contributed by atoms with Crippen LogP contribution in [0, 0.1) is 0 Å². The normalized spacial score (nSPS) is 16.0. The third-order valence-electron chi connectivity index (χ3n) is 1.44. The van der Waals surface area contributed by atoms with Crippen molar-refractivity contribution in [2.24, 2.45) is 0 Å². The van der Waals surface area contributed by atoms with Crippen LogP contribution in [-0.4, -0.2) is 22.1 Å². The smallest absolute Gasteiger partial charge is 0.115 e. The minimum atomic E-state index is -0.821. The fourth-order valence-electron chi connectivity index (χ4n) is 0.777. The van der Waals surface area contributed by atoms with Gasteiger partial charge in [0.25, 0.3) is 0 Å². The summed E-state index contributed by atoms with van der Waals surface area (Å²) < 4.78 is 0.947. The Labute approximate surface area is 88.8 Å². The Kier molecular flexibility index (Phi) is 4.05. The van der Waals surface area contributed by atoms with E-state index in [-0.39, 0.29) is 5.75 Å². The number of aliphatic hydroxyl groups is 2. The molecule has 0 fully saturated rings. The van der Waals surface area contributed by atoms with Crippen molar-refractivity contribution in [3.05, 3.63) is 20.8 Å². The van der Waals surface area contributed by atoms with E-state index >= 15 is 0 Å². The zero-order valence-electron chi connectivity index (χ0n) is 6.14. The van der Waals surface area contributed by atoms with Gasteiger partial charge in [-0.15, -0.1) is 11.3 Å². The first-order chi connectivity index (χ1) is 5.65. The average Bonchev–Trinajstić information content (AvgIpc) is 2.49. The van der Waals surface area contributed by atoms with E-state index in [1.54, 1.807) is 6.07 Å². The molecule has 0 spiro atoms. The highest BCUT2D eigenvalue weighted by molar-refractivity contribution is 9.11. The molecule has 1 heterocycles. The van der Waals surface area contributed by atoms with Gasteiger partial charge in [-0.3, -0.25) is 0 Å². The Balaban J connectivity index is 2.70. The van der Waals surface area contributed by atoms with Gasteiger partial charge < -0.3 is 10.2 Å². The van der Waals surface area contributed by atoms with E-state index in [0.717, 1.165) is 8.66 Å². The molecule has 68 valence electrons. The van der Waals surface area contributed by atoms with Crippen molar-refractivity contribution in [2.45, 2.75) is 12.2 Å². The molecule has 12 heavy (non-hydrogen) atoms. The summed E-state index contributed by atoms with van der Waals surface area (Å²) in [5.74, 6) is 0.261. The van der Waals surface area contributed by atoms with Crippen LogP contribution in [0.4, 0.5) is 0 Å². The van der Waals surface area contributed by atoms with E-state index in [4.69, 9.17) is 0 Å². The maximum absolute atomic E-state index is 9.49. The predicted octanol–water partition coefficient (Wildman–Crippen LogP) is 1.83. The average molecular weight is 269 g/mol. The van der Waals surface area contributed by atoms with Crippen LogP contribution in [0.5, 0.6) is 0 Å². The molecular formula is C7H9BrO2S2. The fraction of sp³-hybridized carbons (Fsp3) is 0.429. The van der Waals surface area contributed by atoms with Crippen LogP contribution in [0.15, 0.2) is 15.9 Å². The maximum Gasteiger partial charge on any atom is 0.115 e. The van der Waals surface area contributed by atoms with Crippen molar-refractivity contribution >= 4 is 39.9 Å². The summed E-state index contributed by atoms with van der Waals surface area (Å²) in [7, 11) is 0. The van der Waals surface area contributed by atoms with Crippen molar-refractivity contribution in [1.29, 1.82) is 0 Å². The minimum absolute atomic E-state index is 0.261. The van der Waals surface area contributed by atoms with Gasteiger partial charge in [0.05, 0.1) is 9.89 Å². The zero-order valence-corrected chi connectivity index (χ0v) is 9.44. The molecule has 0 radical (unpaired) electrons. The van der Waals surface area contributed by atoms with E-state index in [2.05, 4.69) is 28.6 Å². The first kappa shape index (κ1) is 10.5. The summed E-state index contributed by atoms with van der Waals surface area (Å²) in [5, 5.41) is 18.7. The highest BCUT2D eigenvalue weighted by atomic mass is 79.9. The highest BCUT2D eigenvalue weighted by Gasteiger charge is 2.18. The van der Waals surface area contributed by atoms with Crippen LogP contribution in [0.3, 0.4) is 0 Å². The van der Waals surface area contributed by atoms with E-state index in [1.165, 1.54) is 11.3 Å². The van der Waals surface area contributed by atoms with Crippen LogP contribution in [-0.2, 0) is 0 Å². The third-order valence-corrected chi connectivity index (χ3v) is 3.51. The molecule has 0 bridgehead atoms. The summed E-state index contributed by atoms with van der Waals surface area (Å²) in [6, 6.07) is 3.63. The molecule has 2 N–H and O–H groups in total. The molecule has 2 unspecified atom stereocenters.